The van der Waals surface area contributed by atoms with Crippen LogP contribution in [0.4, 0.5) is 4.79 Å². The first-order valence-electron chi connectivity index (χ1n) is 8.92. The Morgan fingerprint density at radius 2 is 2.22 bits per heavy atom. The number of rotatable bonds is 2. The zero-order valence-corrected chi connectivity index (χ0v) is 14.6. The monoisotopic (exact) mass is 365 g/mol. The van der Waals surface area contributed by atoms with E-state index in [0.29, 0.717) is 25.4 Å². The van der Waals surface area contributed by atoms with E-state index in [1.807, 2.05) is 24.4 Å². The van der Waals surface area contributed by atoms with E-state index in [4.69, 9.17) is 10.5 Å². The van der Waals surface area contributed by atoms with Gasteiger partial charge in [0.25, 0.3) is 0 Å². The highest BCUT2D eigenvalue weighted by atomic mass is 16.5. The van der Waals surface area contributed by atoms with Gasteiger partial charge < -0.3 is 19.9 Å². The molecule has 1 unspecified atom stereocenters. The van der Waals surface area contributed by atoms with Crippen LogP contribution in [0.2, 0.25) is 0 Å². The predicted molar refractivity (Wildman–Crippen MR) is 95.8 cm³/mol. The number of fused-ring (bicyclic) bond motifs is 3. The molecule has 138 valence electrons. The number of primary amides is 1. The molecular weight excluding hydrogens is 346 g/mol. The van der Waals surface area contributed by atoms with Crippen molar-refractivity contribution in [2.75, 3.05) is 13.2 Å². The lowest BCUT2D eigenvalue weighted by Crippen LogP contribution is -2.49. The Balaban J connectivity index is 1.69. The highest BCUT2D eigenvalue weighted by Crippen LogP contribution is 2.45. The molecule has 5 rings (SSSR count). The largest absolute Gasteiger partial charge is 0.491 e. The average molecular weight is 365 g/mol. The normalized spacial score (nSPS) is 21.3. The van der Waals surface area contributed by atoms with Crippen molar-refractivity contribution in [3.63, 3.8) is 0 Å². The zero-order valence-electron chi connectivity index (χ0n) is 14.6. The third-order valence-corrected chi connectivity index (χ3v) is 5.46. The number of amides is 2. The van der Waals surface area contributed by atoms with Gasteiger partial charge in [-0.2, -0.15) is 5.10 Å². The van der Waals surface area contributed by atoms with Gasteiger partial charge >= 0.3 is 6.03 Å². The van der Waals surface area contributed by atoms with Crippen LogP contribution >= 0.6 is 0 Å². The Morgan fingerprint density at radius 3 is 3.04 bits per heavy atom. The van der Waals surface area contributed by atoms with Gasteiger partial charge in [0, 0.05) is 18.9 Å². The van der Waals surface area contributed by atoms with Crippen molar-refractivity contribution in [1.82, 2.24) is 29.6 Å². The maximum absolute atomic E-state index is 12.2. The Labute approximate surface area is 155 Å². The molecule has 3 aromatic rings. The Kier molecular flexibility index (Phi) is 3.43. The van der Waals surface area contributed by atoms with Gasteiger partial charge in [0.1, 0.15) is 30.0 Å². The van der Waals surface area contributed by atoms with Gasteiger partial charge in [0.05, 0.1) is 12.1 Å². The van der Waals surface area contributed by atoms with Crippen LogP contribution in [-0.4, -0.2) is 48.8 Å². The number of likely N-dealkylation sites (tertiary alicyclic amines) is 1. The molecule has 1 aromatic carbocycles. The van der Waals surface area contributed by atoms with Crippen LogP contribution < -0.4 is 10.5 Å². The Hall–Kier alpha value is -3.36. The minimum atomic E-state index is -0.775. The number of hydrogen-bond donors (Lipinski definition) is 2. The molecule has 9 nitrogen and oxygen atoms in total. The lowest BCUT2D eigenvalue weighted by molar-refractivity contribution is 0.170. The zero-order chi connectivity index (χ0) is 18.4. The smallest absolute Gasteiger partial charge is 0.315 e. The topological polar surface area (TPSA) is 115 Å². The van der Waals surface area contributed by atoms with Crippen molar-refractivity contribution in [2.45, 2.75) is 24.9 Å². The van der Waals surface area contributed by atoms with Gasteiger partial charge in [-0.15, -0.1) is 0 Å². The lowest BCUT2D eigenvalue weighted by atomic mass is 9.85. The van der Waals surface area contributed by atoms with Crippen LogP contribution in [0.25, 0.3) is 11.4 Å². The number of benzene rings is 1. The van der Waals surface area contributed by atoms with Gasteiger partial charge in [-0.25, -0.2) is 14.8 Å². The molecule has 0 saturated carbocycles. The molecule has 2 amide bonds. The summed E-state index contributed by atoms with van der Waals surface area (Å²) in [4.78, 5) is 22.7. The molecule has 9 heteroatoms. The number of nitrogens with two attached hydrogens (primary N) is 1. The van der Waals surface area contributed by atoms with Gasteiger partial charge in [-0.1, -0.05) is 6.07 Å². The molecule has 2 aliphatic rings. The highest BCUT2D eigenvalue weighted by Gasteiger charge is 2.48. The molecule has 0 radical (unpaired) electrons. The van der Waals surface area contributed by atoms with E-state index in [9.17, 15) is 4.79 Å². The molecule has 0 aliphatic carbocycles. The molecule has 2 aliphatic heterocycles. The summed E-state index contributed by atoms with van der Waals surface area (Å²) < 4.78 is 8.08. The number of carbonyl (C=O) groups excluding carboxylic acids is 1. The number of hydrogen-bond acceptors (Lipinski definition) is 5. The van der Waals surface area contributed by atoms with Crippen LogP contribution in [0.3, 0.4) is 0 Å². The second-order valence-electron chi connectivity index (χ2n) is 6.79. The molecule has 1 saturated heterocycles. The third-order valence-electron chi connectivity index (χ3n) is 5.46. The van der Waals surface area contributed by atoms with Crippen LogP contribution in [0.1, 0.15) is 24.2 Å². The van der Waals surface area contributed by atoms with E-state index in [0.717, 1.165) is 35.7 Å². The van der Waals surface area contributed by atoms with Crippen LogP contribution in [0.15, 0.2) is 36.9 Å². The molecule has 4 heterocycles. The maximum Gasteiger partial charge on any atom is 0.315 e. The second kappa shape index (κ2) is 5.83. The number of imidazole rings is 1. The fraction of sp³-hybridized carbons (Fsp3) is 0.333. The van der Waals surface area contributed by atoms with Gasteiger partial charge in [-0.05, 0) is 30.5 Å². The van der Waals surface area contributed by atoms with E-state index in [-0.39, 0.29) is 0 Å². The summed E-state index contributed by atoms with van der Waals surface area (Å²) in [5.41, 5.74) is 6.76. The molecule has 2 aromatic heterocycles. The SMILES string of the molecule is NC(=O)N1CCCC1(c1ccc2c(c1)OCCn1ccnc1-2)c1ncn[nH]1. The van der Waals surface area contributed by atoms with Crippen molar-refractivity contribution < 1.29 is 9.53 Å². The summed E-state index contributed by atoms with van der Waals surface area (Å²) in [6, 6.07) is 5.49. The summed E-state index contributed by atoms with van der Waals surface area (Å²) >= 11 is 0. The Morgan fingerprint density at radius 1 is 1.30 bits per heavy atom. The van der Waals surface area contributed by atoms with E-state index in [2.05, 4.69) is 24.7 Å². The molecular formula is C18H19N7O2. The number of carbonyl (C=O) groups is 1. The number of H-pyrrole nitrogens is 1. The van der Waals surface area contributed by atoms with Crippen molar-refractivity contribution in [3.8, 4) is 17.1 Å². The van der Waals surface area contributed by atoms with Gasteiger partial charge in [-0.3, -0.25) is 5.10 Å². The third kappa shape index (κ3) is 2.24. The van der Waals surface area contributed by atoms with Crippen molar-refractivity contribution >= 4 is 6.03 Å². The standard InChI is InChI=1S/C18H19N7O2/c19-17(26)25-6-1-4-18(25,16-21-11-22-23-16)12-2-3-13-14(10-12)27-9-8-24-7-5-20-15(13)24/h2-3,5,7,10-11H,1,4,6,8-9H2,(H2,19,26)(H,21,22,23). The first-order chi connectivity index (χ1) is 13.2. The number of ether oxygens (including phenoxy) is 1. The fourth-order valence-corrected chi connectivity index (χ4v) is 4.28. The van der Waals surface area contributed by atoms with E-state index in [1.54, 1.807) is 11.1 Å². The quantitative estimate of drug-likeness (QED) is 0.714. The molecule has 0 bridgehead atoms. The van der Waals surface area contributed by atoms with Gasteiger partial charge in [0.2, 0.25) is 0 Å². The Bertz CT molecular complexity index is 997. The van der Waals surface area contributed by atoms with E-state index < -0.39 is 11.6 Å². The van der Waals surface area contributed by atoms with E-state index in [1.165, 1.54) is 6.33 Å². The second-order valence-corrected chi connectivity index (χ2v) is 6.79. The molecule has 0 spiro atoms. The summed E-state index contributed by atoms with van der Waals surface area (Å²) in [6.45, 7) is 1.85. The molecule has 1 fully saturated rings. The number of aromatic nitrogens is 5. The number of aromatic amines is 1. The summed E-state index contributed by atoms with van der Waals surface area (Å²) in [6.07, 6.45) is 6.72. The lowest BCUT2D eigenvalue weighted by Gasteiger charge is -2.36. The summed E-state index contributed by atoms with van der Waals surface area (Å²) in [7, 11) is 0. The summed E-state index contributed by atoms with van der Waals surface area (Å²) in [5.74, 6) is 2.22. The van der Waals surface area contributed by atoms with Crippen LogP contribution in [0.5, 0.6) is 5.75 Å². The fourth-order valence-electron chi connectivity index (χ4n) is 4.28. The molecule has 1 atom stereocenters. The van der Waals surface area contributed by atoms with Crippen LogP contribution in [-0.2, 0) is 12.1 Å². The first kappa shape index (κ1) is 15.9. The van der Waals surface area contributed by atoms with Crippen molar-refractivity contribution in [1.29, 1.82) is 0 Å². The van der Waals surface area contributed by atoms with Crippen molar-refractivity contribution in [2.24, 2.45) is 5.73 Å². The molecule has 3 N–H and O–H groups in total. The number of nitrogens with one attached hydrogen (secondary N) is 1. The summed E-state index contributed by atoms with van der Waals surface area (Å²) in [5, 5.41) is 6.94. The van der Waals surface area contributed by atoms with Crippen molar-refractivity contribution in [3.05, 3.63) is 48.3 Å². The highest BCUT2D eigenvalue weighted by molar-refractivity contribution is 5.75. The average Bonchev–Trinajstić information content (AvgIpc) is 3.40. The maximum atomic E-state index is 12.2. The minimum Gasteiger partial charge on any atom is -0.491 e. The minimum absolute atomic E-state index is 0.477. The van der Waals surface area contributed by atoms with Crippen LogP contribution in [0, 0.1) is 0 Å². The van der Waals surface area contributed by atoms with E-state index >= 15 is 0 Å². The first-order valence-corrected chi connectivity index (χ1v) is 8.92. The number of nitrogens with zero attached hydrogens (tertiary/aromatic N) is 5. The molecule has 27 heavy (non-hydrogen) atoms. The number of urea groups is 1. The van der Waals surface area contributed by atoms with Gasteiger partial charge in [0.15, 0.2) is 5.82 Å². The predicted octanol–water partition coefficient (Wildman–Crippen LogP) is 1.48.